The zero-order valence-electron chi connectivity index (χ0n) is 20.6. The molecule has 0 aliphatic carbocycles. The molecular formula is C29H32Br2N2O2S. The first-order valence-electron chi connectivity index (χ1n) is 12.1. The van der Waals surface area contributed by atoms with Crippen molar-refractivity contribution in [2.24, 2.45) is 0 Å². The number of carbonyl (C=O) groups is 2. The molecular weight excluding hydrogens is 600 g/mol. The van der Waals surface area contributed by atoms with Crippen LogP contribution < -0.4 is 5.32 Å². The minimum absolute atomic E-state index is 0.0344. The Balaban J connectivity index is 1.84. The number of hydrogen-bond acceptors (Lipinski definition) is 3. The predicted molar refractivity (Wildman–Crippen MR) is 157 cm³/mol. The first-order valence-corrected chi connectivity index (χ1v) is 14.8. The summed E-state index contributed by atoms with van der Waals surface area (Å²) in [6.45, 7) is 4.41. The molecule has 0 saturated carbocycles. The maximum atomic E-state index is 13.7. The quantitative estimate of drug-likeness (QED) is 0.234. The van der Waals surface area contributed by atoms with E-state index in [4.69, 9.17) is 0 Å². The molecule has 3 aromatic rings. The first-order chi connectivity index (χ1) is 17.4. The van der Waals surface area contributed by atoms with Crippen molar-refractivity contribution >= 4 is 55.4 Å². The van der Waals surface area contributed by atoms with Crippen LogP contribution in [0.25, 0.3) is 0 Å². The Morgan fingerprint density at radius 1 is 0.861 bits per heavy atom. The molecule has 0 aromatic heterocycles. The summed E-state index contributed by atoms with van der Waals surface area (Å²) in [5.74, 6) is 0.874. The molecule has 1 N–H and O–H groups in total. The van der Waals surface area contributed by atoms with Crippen LogP contribution in [0.2, 0.25) is 0 Å². The molecule has 3 rings (SSSR count). The molecule has 0 unspecified atom stereocenters. The molecule has 0 bridgehead atoms. The van der Waals surface area contributed by atoms with Gasteiger partial charge in [-0.25, -0.2) is 0 Å². The van der Waals surface area contributed by atoms with Gasteiger partial charge in [0.25, 0.3) is 0 Å². The van der Waals surface area contributed by atoms with Crippen LogP contribution in [0, 0.1) is 0 Å². The number of nitrogens with zero attached hydrogens (tertiary/aromatic N) is 1. The van der Waals surface area contributed by atoms with E-state index < -0.39 is 6.04 Å². The van der Waals surface area contributed by atoms with Crippen LogP contribution in [-0.4, -0.2) is 34.6 Å². The Morgan fingerprint density at radius 2 is 1.44 bits per heavy atom. The molecule has 4 nitrogen and oxygen atoms in total. The molecule has 0 saturated heterocycles. The van der Waals surface area contributed by atoms with Crippen molar-refractivity contribution in [3.8, 4) is 0 Å². The zero-order chi connectivity index (χ0) is 25.9. The fourth-order valence-corrected chi connectivity index (χ4v) is 5.10. The molecule has 0 aliphatic rings. The maximum absolute atomic E-state index is 13.7. The van der Waals surface area contributed by atoms with Gasteiger partial charge < -0.3 is 10.2 Å². The minimum atomic E-state index is -0.606. The maximum Gasteiger partial charge on any atom is 0.243 e. The highest BCUT2D eigenvalue weighted by atomic mass is 79.9. The lowest BCUT2D eigenvalue weighted by molar-refractivity contribution is -0.139. The summed E-state index contributed by atoms with van der Waals surface area (Å²) in [7, 11) is 0. The van der Waals surface area contributed by atoms with Crippen molar-refractivity contribution in [3.05, 3.63) is 104 Å². The fourth-order valence-electron chi connectivity index (χ4n) is 3.70. The van der Waals surface area contributed by atoms with Crippen molar-refractivity contribution in [1.29, 1.82) is 0 Å². The lowest BCUT2D eigenvalue weighted by Crippen LogP contribution is -2.52. The van der Waals surface area contributed by atoms with Gasteiger partial charge in [-0.3, -0.25) is 9.59 Å². The van der Waals surface area contributed by atoms with Gasteiger partial charge in [0.15, 0.2) is 0 Å². The molecule has 3 aromatic carbocycles. The summed E-state index contributed by atoms with van der Waals surface area (Å²) in [5, 5.41) is 3.12. The molecule has 7 heteroatoms. The van der Waals surface area contributed by atoms with E-state index in [1.165, 1.54) is 0 Å². The Labute approximate surface area is 235 Å². The molecule has 0 fully saturated rings. The van der Waals surface area contributed by atoms with Crippen LogP contribution in [0.15, 0.2) is 87.8 Å². The second-order valence-corrected chi connectivity index (χ2v) is 11.6. The van der Waals surface area contributed by atoms with Gasteiger partial charge in [-0.15, -0.1) is 11.8 Å². The van der Waals surface area contributed by atoms with Crippen molar-refractivity contribution in [2.45, 2.75) is 51.1 Å². The number of carbonyl (C=O) groups excluding carboxylic acids is 2. The second kappa shape index (κ2) is 14.6. The number of nitrogens with one attached hydrogen (secondary N) is 1. The average Bonchev–Trinajstić information content (AvgIpc) is 2.88. The Morgan fingerprint density at radius 3 is 2.03 bits per heavy atom. The van der Waals surface area contributed by atoms with Crippen molar-refractivity contribution in [1.82, 2.24) is 10.2 Å². The smallest absolute Gasteiger partial charge is 0.243 e. The van der Waals surface area contributed by atoms with Gasteiger partial charge in [-0.05, 0) is 54.3 Å². The number of amides is 2. The van der Waals surface area contributed by atoms with E-state index in [-0.39, 0.29) is 17.9 Å². The highest BCUT2D eigenvalue weighted by Crippen LogP contribution is 2.20. The number of thioether (sulfide) groups is 1. The van der Waals surface area contributed by atoms with E-state index in [0.29, 0.717) is 18.7 Å². The Hall–Kier alpha value is -2.09. The van der Waals surface area contributed by atoms with E-state index in [0.717, 1.165) is 37.8 Å². The van der Waals surface area contributed by atoms with Crippen LogP contribution in [-0.2, 0) is 28.3 Å². The van der Waals surface area contributed by atoms with Crippen LogP contribution in [0.3, 0.4) is 0 Å². The van der Waals surface area contributed by atoms with Gasteiger partial charge in [-0.1, -0.05) is 93.4 Å². The van der Waals surface area contributed by atoms with Crippen LogP contribution in [0.1, 0.15) is 37.0 Å². The Kier molecular flexibility index (Phi) is 11.5. The van der Waals surface area contributed by atoms with E-state index in [1.807, 2.05) is 80.6 Å². The lowest BCUT2D eigenvalue weighted by Gasteiger charge is -2.32. The number of benzene rings is 3. The third-order valence-corrected chi connectivity index (χ3v) is 7.99. The molecule has 36 heavy (non-hydrogen) atoms. The zero-order valence-corrected chi connectivity index (χ0v) is 24.6. The number of hydrogen-bond donors (Lipinski definition) is 1. The molecule has 0 heterocycles. The number of halogens is 2. The van der Waals surface area contributed by atoms with Gasteiger partial charge in [0.2, 0.25) is 11.8 Å². The summed E-state index contributed by atoms with van der Waals surface area (Å²) in [6.07, 6.45) is 1.29. The summed E-state index contributed by atoms with van der Waals surface area (Å²) >= 11 is 8.51. The molecule has 2 amide bonds. The summed E-state index contributed by atoms with van der Waals surface area (Å²) in [4.78, 5) is 28.9. The highest BCUT2D eigenvalue weighted by Gasteiger charge is 2.30. The fraction of sp³-hybridized carbons (Fsp3) is 0.310. The van der Waals surface area contributed by atoms with Gasteiger partial charge in [0.05, 0.1) is 5.75 Å². The normalized spacial score (nSPS) is 12.6. The van der Waals surface area contributed by atoms with Gasteiger partial charge in [-0.2, -0.15) is 0 Å². The monoisotopic (exact) mass is 630 g/mol. The first kappa shape index (κ1) is 28.5. The SMILES string of the molecule is CC[C@@H](C)NC(=O)[C@H](Cc1ccccc1)N(Cc1ccc(Br)cc1)C(=O)CSCc1ccc(Br)cc1. The minimum Gasteiger partial charge on any atom is -0.352 e. The lowest BCUT2D eigenvalue weighted by atomic mass is 10.0. The molecule has 0 spiro atoms. The molecule has 2 atom stereocenters. The van der Waals surface area contributed by atoms with Gasteiger partial charge >= 0.3 is 0 Å². The molecule has 190 valence electrons. The van der Waals surface area contributed by atoms with E-state index in [1.54, 1.807) is 16.7 Å². The van der Waals surface area contributed by atoms with Crippen molar-refractivity contribution in [2.75, 3.05) is 5.75 Å². The van der Waals surface area contributed by atoms with Gasteiger partial charge in [0, 0.05) is 33.7 Å². The molecule has 0 aliphatic heterocycles. The predicted octanol–water partition coefficient (Wildman–Crippen LogP) is 7.00. The number of rotatable bonds is 12. The van der Waals surface area contributed by atoms with Gasteiger partial charge in [0.1, 0.15) is 6.04 Å². The largest absolute Gasteiger partial charge is 0.352 e. The van der Waals surface area contributed by atoms with Crippen molar-refractivity contribution in [3.63, 3.8) is 0 Å². The Bertz CT molecular complexity index is 1110. The average molecular weight is 632 g/mol. The van der Waals surface area contributed by atoms with Crippen LogP contribution in [0.4, 0.5) is 0 Å². The second-order valence-electron chi connectivity index (χ2n) is 8.79. The third-order valence-electron chi connectivity index (χ3n) is 5.95. The van der Waals surface area contributed by atoms with E-state index >= 15 is 0 Å². The van der Waals surface area contributed by atoms with E-state index in [2.05, 4.69) is 49.3 Å². The summed E-state index contributed by atoms with van der Waals surface area (Å²) < 4.78 is 2.01. The summed E-state index contributed by atoms with van der Waals surface area (Å²) in [6, 6.07) is 25.4. The van der Waals surface area contributed by atoms with E-state index in [9.17, 15) is 9.59 Å². The highest BCUT2D eigenvalue weighted by molar-refractivity contribution is 9.10. The van der Waals surface area contributed by atoms with Crippen LogP contribution >= 0.6 is 43.6 Å². The van der Waals surface area contributed by atoms with Crippen molar-refractivity contribution < 1.29 is 9.59 Å². The third kappa shape index (κ3) is 9.09. The molecule has 0 radical (unpaired) electrons. The standard InChI is InChI=1S/C29H32Br2N2O2S/c1-3-21(2)32-29(35)27(17-22-7-5-4-6-8-22)33(18-23-9-13-25(30)14-10-23)28(34)20-36-19-24-11-15-26(31)16-12-24/h4-16,21,27H,3,17-20H2,1-2H3,(H,32,35)/t21-,27+/m1/s1. The van der Waals surface area contributed by atoms with Crippen LogP contribution in [0.5, 0.6) is 0 Å². The summed E-state index contributed by atoms with van der Waals surface area (Å²) in [5.41, 5.74) is 3.17. The topological polar surface area (TPSA) is 49.4 Å².